The van der Waals surface area contributed by atoms with Gasteiger partial charge in [0, 0.05) is 24.4 Å². The summed E-state index contributed by atoms with van der Waals surface area (Å²) >= 11 is 5.79. The van der Waals surface area contributed by atoms with Crippen LogP contribution in [0.25, 0.3) is 10.9 Å². The maximum absolute atomic E-state index is 14.8. The Bertz CT molecular complexity index is 1700. The third-order valence-electron chi connectivity index (χ3n) is 8.53. The molecule has 0 aliphatic carbocycles. The van der Waals surface area contributed by atoms with Gasteiger partial charge in [-0.25, -0.2) is 18.7 Å². The second-order valence-electron chi connectivity index (χ2n) is 13.0. The summed E-state index contributed by atoms with van der Waals surface area (Å²) in [5, 5.41) is 11.3. The second kappa shape index (κ2) is 14.5. The van der Waals surface area contributed by atoms with Crippen molar-refractivity contribution in [1.29, 1.82) is 0 Å². The van der Waals surface area contributed by atoms with E-state index in [4.69, 9.17) is 21.1 Å². The van der Waals surface area contributed by atoms with Crippen LogP contribution in [0.15, 0.2) is 30.6 Å². The zero-order valence-corrected chi connectivity index (χ0v) is 28.2. The summed E-state index contributed by atoms with van der Waals surface area (Å²) in [5.74, 6) is -2.52. The van der Waals surface area contributed by atoms with E-state index in [1.54, 1.807) is 26.1 Å². The number of rotatable bonds is 10. The fourth-order valence-corrected chi connectivity index (χ4v) is 5.81. The fourth-order valence-electron chi connectivity index (χ4n) is 5.65. The molecule has 0 bridgehead atoms. The van der Waals surface area contributed by atoms with Gasteiger partial charge in [0.2, 0.25) is 17.7 Å². The average molecular weight is 688 g/mol. The Hall–Kier alpha value is -4.14. The lowest BCUT2D eigenvalue weighted by Crippen LogP contribution is -2.59. The van der Waals surface area contributed by atoms with Crippen LogP contribution in [0.3, 0.4) is 0 Å². The van der Waals surface area contributed by atoms with E-state index in [9.17, 15) is 23.2 Å². The molecule has 3 aromatic rings. The third-order valence-corrected chi connectivity index (χ3v) is 8.88. The zero-order valence-electron chi connectivity index (χ0n) is 27.5. The number of amides is 3. The maximum Gasteiger partial charge on any atom is 0.247 e. The minimum atomic E-state index is -0.991. The molecule has 12 nitrogen and oxygen atoms in total. The van der Waals surface area contributed by atoms with Crippen molar-refractivity contribution in [2.45, 2.75) is 71.2 Å². The molecule has 2 fully saturated rings. The number of ether oxygens (including phenoxy) is 2. The Morgan fingerprint density at radius 2 is 1.90 bits per heavy atom. The number of carbonyl (C=O) groups is 3. The number of carbonyl (C=O) groups excluding carboxylic acids is 3. The van der Waals surface area contributed by atoms with Crippen LogP contribution in [0, 0.1) is 17.0 Å². The highest BCUT2D eigenvalue weighted by molar-refractivity contribution is 6.31. The van der Waals surface area contributed by atoms with Gasteiger partial charge in [0.25, 0.3) is 0 Å². The van der Waals surface area contributed by atoms with Gasteiger partial charge < -0.3 is 35.6 Å². The number of fused-ring (bicyclic) bond motifs is 1. The summed E-state index contributed by atoms with van der Waals surface area (Å²) in [6.45, 7) is 8.50. The number of benzene rings is 2. The molecule has 1 aromatic heterocycles. The van der Waals surface area contributed by atoms with Gasteiger partial charge >= 0.3 is 0 Å². The van der Waals surface area contributed by atoms with Crippen LogP contribution in [0.2, 0.25) is 5.02 Å². The van der Waals surface area contributed by atoms with Crippen molar-refractivity contribution in [3.8, 4) is 5.75 Å². The molecule has 0 spiro atoms. The Morgan fingerprint density at radius 3 is 2.58 bits per heavy atom. The molecule has 4 atom stereocenters. The number of aromatic nitrogens is 2. The van der Waals surface area contributed by atoms with Crippen molar-refractivity contribution in [2.75, 3.05) is 37.4 Å². The van der Waals surface area contributed by atoms with Gasteiger partial charge in [-0.3, -0.25) is 14.4 Å². The van der Waals surface area contributed by atoms with Crippen molar-refractivity contribution in [3.63, 3.8) is 0 Å². The second-order valence-corrected chi connectivity index (χ2v) is 13.4. The Labute approximate surface area is 282 Å². The largest absolute Gasteiger partial charge is 0.486 e. The van der Waals surface area contributed by atoms with E-state index in [0.717, 1.165) is 6.07 Å². The molecule has 5 rings (SSSR count). The van der Waals surface area contributed by atoms with Crippen LogP contribution >= 0.6 is 11.6 Å². The van der Waals surface area contributed by atoms with E-state index < -0.39 is 46.1 Å². The molecule has 0 unspecified atom stereocenters. The monoisotopic (exact) mass is 687 g/mol. The van der Waals surface area contributed by atoms with E-state index in [1.807, 2.05) is 20.8 Å². The van der Waals surface area contributed by atoms with Gasteiger partial charge in [-0.1, -0.05) is 32.4 Å². The predicted molar refractivity (Wildman–Crippen MR) is 177 cm³/mol. The number of hydrogen-bond acceptors (Lipinski definition) is 9. The molecule has 0 saturated carbocycles. The lowest BCUT2D eigenvalue weighted by Gasteiger charge is -2.36. The number of nitrogens with zero attached hydrogens (tertiary/aromatic N) is 3. The maximum atomic E-state index is 14.8. The van der Waals surface area contributed by atoms with Crippen LogP contribution in [-0.4, -0.2) is 83.6 Å². The highest BCUT2D eigenvalue weighted by atomic mass is 35.5. The van der Waals surface area contributed by atoms with E-state index in [1.165, 1.54) is 17.3 Å². The Balaban J connectivity index is 1.46. The molecule has 2 aromatic carbocycles. The number of likely N-dealkylation sites (tertiary alicyclic amines) is 1. The van der Waals surface area contributed by atoms with Gasteiger partial charge in [-0.15, -0.1) is 0 Å². The SMILES string of the molecule is CN[C@@H](C)C(=O)N[C@H](C(=O)N1CCC[C@H]1C(=O)Nc1cc2c(Nc3ccc(F)c(Cl)c3F)ncnc2cc1O[C@H]1CCOC1)C(C)(C)C. The normalized spacial score (nSPS) is 19.2. The Kier molecular flexibility index (Phi) is 10.7. The van der Waals surface area contributed by atoms with E-state index in [-0.39, 0.29) is 35.1 Å². The zero-order chi connectivity index (χ0) is 34.7. The summed E-state index contributed by atoms with van der Waals surface area (Å²) in [5.41, 5.74) is -0.0486. The van der Waals surface area contributed by atoms with Crippen molar-refractivity contribution in [1.82, 2.24) is 25.5 Å². The molecule has 0 radical (unpaired) electrons. The van der Waals surface area contributed by atoms with Crippen LogP contribution in [-0.2, 0) is 19.1 Å². The molecular formula is C33H40ClF2N7O5. The first kappa shape index (κ1) is 35.2. The summed E-state index contributed by atoms with van der Waals surface area (Å²) in [6, 6.07) is 3.25. The lowest BCUT2D eigenvalue weighted by molar-refractivity contribution is -0.143. The first-order valence-electron chi connectivity index (χ1n) is 15.8. The molecule has 258 valence electrons. The number of halogens is 3. The summed E-state index contributed by atoms with van der Waals surface area (Å²) < 4.78 is 40.3. The van der Waals surface area contributed by atoms with Crippen LogP contribution in [0.1, 0.15) is 47.0 Å². The van der Waals surface area contributed by atoms with Crippen molar-refractivity contribution >= 4 is 57.4 Å². The standard InChI is InChI=1S/C33H40ClF2N7O5/c1-17(37-5)30(44)42-28(33(2,3)4)32(46)43-11-6-7-24(43)31(45)41-23-13-19-22(14-25(23)48-18-10-12-47-15-18)38-16-39-29(19)40-21-9-8-20(35)26(34)27(21)36/h8-9,13-14,16-18,24,28,37H,6-7,10-12,15H2,1-5H3,(H,41,45)(H,42,44)(H,38,39,40)/t17-,18-,24-,28+/m0/s1. The third kappa shape index (κ3) is 7.61. The van der Waals surface area contributed by atoms with Crippen molar-refractivity contribution in [2.24, 2.45) is 5.41 Å². The van der Waals surface area contributed by atoms with Gasteiger partial charge in [-0.2, -0.15) is 0 Å². The first-order valence-corrected chi connectivity index (χ1v) is 16.2. The van der Waals surface area contributed by atoms with Crippen LogP contribution in [0.4, 0.5) is 26.0 Å². The molecule has 3 amide bonds. The van der Waals surface area contributed by atoms with E-state index in [0.29, 0.717) is 55.7 Å². The minimum absolute atomic E-state index is 0.111. The molecule has 2 saturated heterocycles. The molecule has 3 heterocycles. The van der Waals surface area contributed by atoms with Crippen LogP contribution in [0.5, 0.6) is 5.75 Å². The molecule has 4 N–H and O–H groups in total. The quantitative estimate of drug-likeness (QED) is 0.226. The molecule has 2 aliphatic rings. The number of likely N-dealkylation sites (N-methyl/N-ethyl adjacent to an activating group) is 1. The summed E-state index contributed by atoms with van der Waals surface area (Å²) in [4.78, 5) is 50.8. The highest BCUT2D eigenvalue weighted by Crippen LogP contribution is 2.36. The van der Waals surface area contributed by atoms with Gasteiger partial charge in [0.15, 0.2) is 5.82 Å². The smallest absolute Gasteiger partial charge is 0.247 e. The Morgan fingerprint density at radius 1 is 1.12 bits per heavy atom. The van der Waals surface area contributed by atoms with Crippen LogP contribution < -0.4 is 26.0 Å². The lowest BCUT2D eigenvalue weighted by atomic mass is 9.85. The minimum Gasteiger partial charge on any atom is -0.486 e. The van der Waals surface area contributed by atoms with Crippen molar-refractivity contribution in [3.05, 3.63) is 47.2 Å². The number of anilines is 3. The molecule has 2 aliphatic heterocycles. The average Bonchev–Trinajstić information content (AvgIpc) is 3.76. The highest BCUT2D eigenvalue weighted by Gasteiger charge is 2.42. The van der Waals surface area contributed by atoms with E-state index in [2.05, 4.69) is 31.2 Å². The molecule has 48 heavy (non-hydrogen) atoms. The van der Waals surface area contributed by atoms with Crippen molar-refractivity contribution < 1.29 is 32.6 Å². The number of hydrogen-bond donors (Lipinski definition) is 4. The summed E-state index contributed by atoms with van der Waals surface area (Å²) in [6.07, 6.45) is 2.65. The predicted octanol–water partition coefficient (Wildman–Crippen LogP) is 4.54. The summed E-state index contributed by atoms with van der Waals surface area (Å²) in [7, 11) is 1.66. The first-order chi connectivity index (χ1) is 22.8. The van der Waals surface area contributed by atoms with E-state index >= 15 is 0 Å². The molecular weight excluding hydrogens is 648 g/mol. The fraction of sp³-hybridized carbons (Fsp3) is 0.485. The molecule has 15 heteroatoms. The van der Waals surface area contributed by atoms with Gasteiger partial charge in [-0.05, 0) is 50.4 Å². The van der Waals surface area contributed by atoms with Gasteiger partial charge in [0.05, 0.1) is 36.1 Å². The number of nitrogens with one attached hydrogen (secondary N) is 4. The van der Waals surface area contributed by atoms with Gasteiger partial charge in [0.1, 0.15) is 46.9 Å². The topological polar surface area (TPSA) is 147 Å².